The minimum absolute atomic E-state index is 0.0478. The summed E-state index contributed by atoms with van der Waals surface area (Å²) in [6, 6.07) is 7.45. The second-order valence-corrected chi connectivity index (χ2v) is 11.2. The molecule has 3 aliphatic rings. The van der Waals surface area contributed by atoms with Crippen LogP contribution >= 0.6 is 11.6 Å². The Morgan fingerprint density at radius 2 is 1.72 bits per heavy atom. The fourth-order valence-corrected chi connectivity index (χ4v) is 5.97. The number of nitrogens with zero attached hydrogens (tertiary/aromatic N) is 6. The summed E-state index contributed by atoms with van der Waals surface area (Å²) < 4.78 is 0. The summed E-state index contributed by atoms with van der Waals surface area (Å²) >= 11 is 6.23. The van der Waals surface area contributed by atoms with Crippen LogP contribution in [0.2, 0.25) is 5.02 Å². The van der Waals surface area contributed by atoms with Crippen LogP contribution in [0.15, 0.2) is 42.9 Å². The maximum Gasteiger partial charge on any atom is 0.274 e. The van der Waals surface area contributed by atoms with Crippen LogP contribution in [0.3, 0.4) is 0 Å². The van der Waals surface area contributed by atoms with Gasteiger partial charge in [-0.25, -0.2) is 4.98 Å². The lowest BCUT2D eigenvalue weighted by Crippen LogP contribution is -2.73. The predicted molar refractivity (Wildman–Crippen MR) is 138 cm³/mol. The van der Waals surface area contributed by atoms with Gasteiger partial charge in [0.05, 0.1) is 40.7 Å². The highest BCUT2D eigenvalue weighted by Gasteiger charge is 2.54. The van der Waals surface area contributed by atoms with Crippen LogP contribution in [0.1, 0.15) is 51.6 Å². The maximum atomic E-state index is 13.3. The lowest BCUT2D eigenvalue weighted by Gasteiger charge is -2.60. The standard InChI is InChI=1S/C27H27ClN6O2/c1-16-9-30-17(2)23(31-16)25(36)33-14-27(15-33)12-32(13-27)19-8-20(11-29-10-19)34-24(35)21-6-5-18(28)7-22(21)26(34,3)4/h5-11H,12-15H2,1-4H3. The number of amides is 2. The molecule has 0 bridgehead atoms. The van der Waals surface area contributed by atoms with Gasteiger partial charge in [0, 0.05) is 48.4 Å². The fourth-order valence-electron chi connectivity index (χ4n) is 5.80. The van der Waals surface area contributed by atoms with Gasteiger partial charge in [0.2, 0.25) is 0 Å². The molecular formula is C27H27ClN6O2. The average Bonchev–Trinajstić information content (AvgIpc) is 2.98. The van der Waals surface area contributed by atoms with Gasteiger partial charge in [0.25, 0.3) is 11.8 Å². The minimum Gasteiger partial charge on any atom is -0.369 e. The van der Waals surface area contributed by atoms with Crippen LogP contribution in [0, 0.1) is 19.3 Å². The number of anilines is 2. The summed E-state index contributed by atoms with van der Waals surface area (Å²) in [7, 11) is 0. The van der Waals surface area contributed by atoms with Crippen LogP contribution in [0.5, 0.6) is 0 Å². The number of likely N-dealkylation sites (tertiary alicyclic amines) is 1. The molecule has 2 saturated heterocycles. The molecule has 2 fully saturated rings. The first-order valence-electron chi connectivity index (χ1n) is 12.0. The van der Waals surface area contributed by atoms with E-state index in [9.17, 15) is 9.59 Å². The van der Waals surface area contributed by atoms with Crippen LogP contribution in [-0.4, -0.2) is 57.8 Å². The summed E-state index contributed by atoms with van der Waals surface area (Å²) in [5.41, 5.74) is 4.72. The zero-order chi connectivity index (χ0) is 25.4. The fraction of sp³-hybridized carbons (Fsp3) is 0.370. The Morgan fingerprint density at radius 3 is 2.47 bits per heavy atom. The molecule has 5 heterocycles. The number of halogens is 1. The third-order valence-corrected chi connectivity index (χ3v) is 7.87. The van der Waals surface area contributed by atoms with E-state index in [4.69, 9.17) is 11.6 Å². The van der Waals surface area contributed by atoms with Gasteiger partial charge in [-0.1, -0.05) is 11.6 Å². The molecule has 0 atom stereocenters. The van der Waals surface area contributed by atoms with Gasteiger partial charge < -0.3 is 9.80 Å². The smallest absolute Gasteiger partial charge is 0.274 e. The second kappa shape index (κ2) is 7.74. The molecule has 2 aromatic heterocycles. The molecule has 36 heavy (non-hydrogen) atoms. The van der Waals surface area contributed by atoms with Gasteiger partial charge in [-0.15, -0.1) is 0 Å². The highest BCUT2D eigenvalue weighted by molar-refractivity contribution is 6.31. The molecule has 2 amide bonds. The molecule has 1 aromatic carbocycles. The van der Waals surface area contributed by atoms with Gasteiger partial charge >= 0.3 is 0 Å². The number of benzene rings is 1. The number of pyridine rings is 1. The molecule has 9 heteroatoms. The van der Waals surface area contributed by atoms with Gasteiger partial charge in [0.15, 0.2) is 0 Å². The van der Waals surface area contributed by atoms with Crippen molar-refractivity contribution in [2.75, 3.05) is 36.0 Å². The molecule has 184 valence electrons. The zero-order valence-corrected chi connectivity index (χ0v) is 21.5. The highest BCUT2D eigenvalue weighted by Crippen LogP contribution is 2.45. The molecule has 6 rings (SSSR count). The van der Waals surface area contributed by atoms with E-state index in [-0.39, 0.29) is 17.2 Å². The molecule has 0 saturated carbocycles. The van der Waals surface area contributed by atoms with E-state index in [0.29, 0.717) is 35.1 Å². The van der Waals surface area contributed by atoms with E-state index in [0.717, 1.165) is 35.7 Å². The number of carbonyl (C=O) groups excluding carboxylic acids is 2. The number of aryl methyl sites for hydroxylation is 2. The molecular weight excluding hydrogens is 476 g/mol. The predicted octanol–water partition coefficient (Wildman–Crippen LogP) is 4.00. The Hall–Kier alpha value is -3.52. The first-order chi connectivity index (χ1) is 17.1. The molecule has 1 spiro atoms. The lowest BCUT2D eigenvalue weighted by atomic mass is 9.72. The first-order valence-corrected chi connectivity index (χ1v) is 12.4. The number of hydrogen-bond acceptors (Lipinski definition) is 6. The first kappa shape index (κ1) is 22.9. The number of aromatic nitrogens is 3. The SMILES string of the molecule is Cc1cnc(C)c(C(=O)N2CC3(C2)CN(c2cncc(N4C(=O)c5ccc(Cl)cc5C4(C)C)c2)C3)n1. The van der Waals surface area contributed by atoms with Gasteiger partial charge in [-0.3, -0.25) is 24.5 Å². The third kappa shape index (κ3) is 3.38. The topological polar surface area (TPSA) is 82.5 Å². The number of rotatable bonds is 3. The van der Waals surface area contributed by atoms with E-state index in [2.05, 4.69) is 19.9 Å². The van der Waals surface area contributed by atoms with Crippen molar-refractivity contribution in [3.8, 4) is 0 Å². The van der Waals surface area contributed by atoms with Crippen LogP contribution in [-0.2, 0) is 5.54 Å². The quantitative estimate of drug-likeness (QED) is 0.538. The number of hydrogen-bond donors (Lipinski definition) is 0. The van der Waals surface area contributed by atoms with Crippen molar-refractivity contribution < 1.29 is 9.59 Å². The normalized spacial score (nSPS) is 19.2. The summed E-state index contributed by atoms with van der Waals surface area (Å²) in [6.07, 6.45) is 5.25. The molecule has 3 aliphatic heterocycles. The Balaban J connectivity index is 1.16. The van der Waals surface area contributed by atoms with Gasteiger partial charge in [0.1, 0.15) is 5.69 Å². The van der Waals surface area contributed by atoms with Gasteiger partial charge in [-0.05, 0) is 57.5 Å². The van der Waals surface area contributed by atoms with Crippen molar-refractivity contribution in [2.45, 2.75) is 33.2 Å². The Bertz CT molecular complexity index is 1420. The van der Waals surface area contributed by atoms with E-state index in [1.807, 2.05) is 50.9 Å². The van der Waals surface area contributed by atoms with Crippen LogP contribution < -0.4 is 9.80 Å². The molecule has 0 aliphatic carbocycles. The largest absolute Gasteiger partial charge is 0.369 e. The van der Waals surface area contributed by atoms with Crippen molar-refractivity contribution in [2.24, 2.45) is 5.41 Å². The number of carbonyl (C=O) groups is 2. The molecule has 3 aromatic rings. The molecule has 8 nitrogen and oxygen atoms in total. The third-order valence-electron chi connectivity index (χ3n) is 7.64. The maximum absolute atomic E-state index is 13.3. The van der Waals surface area contributed by atoms with Crippen molar-refractivity contribution in [3.63, 3.8) is 0 Å². The van der Waals surface area contributed by atoms with E-state index >= 15 is 0 Å². The summed E-state index contributed by atoms with van der Waals surface area (Å²) in [5, 5.41) is 0.617. The molecule has 0 unspecified atom stereocenters. The summed E-state index contributed by atoms with van der Waals surface area (Å²) in [5.74, 6) is -0.0979. The Morgan fingerprint density at radius 1 is 1.00 bits per heavy atom. The van der Waals surface area contributed by atoms with Gasteiger partial charge in [-0.2, -0.15) is 0 Å². The van der Waals surface area contributed by atoms with Crippen molar-refractivity contribution >= 4 is 34.8 Å². The van der Waals surface area contributed by atoms with E-state index in [1.165, 1.54) is 0 Å². The van der Waals surface area contributed by atoms with Crippen molar-refractivity contribution in [1.82, 2.24) is 19.9 Å². The molecule has 0 radical (unpaired) electrons. The minimum atomic E-state index is -0.542. The second-order valence-electron chi connectivity index (χ2n) is 10.8. The Labute approximate surface area is 214 Å². The van der Waals surface area contributed by atoms with Crippen LogP contribution in [0.4, 0.5) is 11.4 Å². The Kier molecular flexibility index (Phi) is 4.92. The highest BCUT2D eigenvalue weighted by atomic mass is 35.5. The zero-order valence-electron chi connectivity index (χ0n) is 20.7. The number of fused-ring (bicyclic) bond motifs is 1. The van der Waals surface area contributed by atoms with Crippen LogP contribution in [0.25, 0.3) is 0 Å². The average molecular weight is 503 g/mol. The van der Waals surface area contributed by atoms with Crippen molar-refractivity contribution in [3.05, 3.63) is 76.1 Å². The lowest BCUT2D eigenvalue weighted by molar-refractivity contribution is -0.0110. The summed E-state index contributed by atoms with van der Waals surface area (Å²) in [6.45, 7) is 10.8. The van der Waals surface area contributed by atoms with Crippen molar-refractivity contribution in [1.29, 1.82) is 0 Å². The van der Waals surface area contributed by atoms with E-state index in [1.54, 1.807) is 29.4 Å². The molecule has 0 N–H and O–H groups in total. The van der Waals surface area contributed by atoms with E-state index < -0.39 is 5.54 Å². The monoisotopic (exact) mass is 502 g/mol. The summed E-state index contributed by atoms with van der Waals surface area (Å²) in [4.78, 5) is 45.3.